The zero-order valence-electron chi connectivity index (χ0n) is 22.9. The van der Waals surface area contributed by atoms with Crippen molar-refractivity contribution in [2.24, 2.45) is 5.92 Å². The fraction of sp³-hybridized carbons (Fsp3) is 0.355. The molecule has 1 aromatic carbocycles. The van der Waals surface area contributed by atoms with Crippen molar-refractivity contribution in [2.75, 3.05) is 11.9 Å². The van der Waals surface area contributed by atoms with Gasteiger partial charge in [0.25, 0.3) is 0 Å². The van der Waals surface area contributed by atoms with Crippen LogP contribution in [0.1, 0.15) is 53.6 Å². The Labute approximate surface area is 242 Å². The summed E-state index contributed by atoms with van der Waals surface area (Å²) in [4.78, 5) is 35.5. The van der Waals surface area contributed by atoms with Crippen LogP contribution in [0.2, 0.25) is 0 Å². The minimum Gasteiger partial charge on any atom is -0.330 e. The summed E-state index contributed by atoms with van der Waals surface area (Å²) in [7, 11) is 0. The Morgan fingerprint density at radius 3 is 2.67 bits per heavy atom. The Balaban J connectivity index is 1.23. The van der Waals surface area contributed by atoms with Crippen LogP contribution in [0.3, 0.4) is 0 Å². The number of pyridine rings is 2. The Bertz CT molecular complexity index is 1660. The van der Waals surface area contributed by atoms with E-state index < -0.39 is 64.9 Å². The van der Waals surface area contributed by atoms with Crippen molar-refractivity contribution in [1.82, 2.24) is 14.9 Å². The topological polar surface area (TPSA) is 75.2 Å². The number of hydrogen-bond acceptors (Lipinski definition) is 4. The Hall–Kier alpha value is -4.22. The van der Waals surface area contributed by atoms with E-state index >= 15 is 0 Å². The average Bonchev–Trinajstić information content (AvgIpc) is 3.46. The predicted octanol–water partition coefficient (Wildman–Crippen LogP) is 5.87. The van der Waals surface area contributed by atoms with Gasteiger partial charge in [0.15, 0.2) is 11.6 Å². The Kier molecular flexibility index (Phi) is 7.05. The lowest BCUT2D eigenvalue weighted by atomic mass is 9.77. The third-order valence-electron chi connectivity index (χ3n) is 8.78. The van der Waals surface area contributed by atoms with Gasteiger partial charge in [-0.05, 0) is 61.1 Å². The molecule has 2 amide bonds. The standard InChI is InChI=1S/C31H26F6N4O2/c1-16-21(22-10-20(32)11-24(33)26(22)34)9-18(28(42)41(16)15-31(35,36)37)5-2-4-17-8-19-12-30(13-25(19)39-14-17)23-6-3-7-38-27(23)40-29(30)43/h2-4,6-8,10-11,14,16,18,21H,5,9,12-13,15H2,1H3,(H,38,40,43)/b4-2+/t16?,18?,21?,30-/m0/s1. The Morgan fingerprint density at radius 2 is 1.91 bits per heavy atom. The first-order valence-corrected chi connectivity index (χ1v) is 13.8. The fourth-order valence-electron chi connectivity index (χ4n) is 6.70. The molecule has 6 nitrogen and oxygen atoms in total. The van der Waals surface area contributed by atoms with Crippen LogP contribution < -0.4 is 5.32 Å². The van der Waals surface area contributed by atoms with Crippen molar-refractivity contribution in [3.63, 3.8) is 0 Å². The summed E-state index contributed by atoms with van der Waals surface area (Å²) in [5.74, 6) is -6.27. The van der Waals surface area contributed by atoms with E-state index in [1.165, 1.54) is 6.92 Å². The van der Waals surface area contributed by atoms with Gasteiger partial charge in [-0.3, -0.25) is 14.6 Å². The number of hydrogen-bond donors (Lipinski definition) is 1. The second-order valence-corrected chi connectivity index (χ2v) is 11.5. The lowest BCUT2D eigenvalue weighted by Gasteiger charge is -2.43. The molecule has 1 N–H and O–H groups in total. The number of benzene rings is 1. The highest BCUT2D eigenvalue weighted by Crippen LogP contribution is 2.46. The van der Waals surface area contributed by atoms with Gasteiger partial charge >= 0.3 is 6.18 Å². The number of aromatic nitrogens is 2. The number of likely N-dealkylation sites (tertiary alicyclic amines) is 1. The first-order valence-electron chi connectivity index (χ1n) is 13.8. The van der Waals surface area contributed by atoms with Gasteiger partial charge in [0.05, 0.1) is 5.41 Å². The molecule has 3 aromatic rings. The van der Waals surface area contributed by atoms with Gasteiger partial charge in [0.2, 0.25) is 11.8 Å². The molecule has 1 aliphatic carbocycles. The van der Waals surface area contributed by atoms with E-state index in [1.54, 1.807) is 30.6 Å². The number of allylic oxidation sites excluding steroid dienone is 1. The summed E-state index contributed by atoms with van der Waals surface area (Å²) in [6, 6.07) is 5.52. The molecule has 4 atom stereocenters. The van der Waals surface area contributed by atoms with E-state index in [9.17, 15) is 35.9 Å². The van der Waals surface area contributed by atoms with Gasteiger partial charge in [-0.25, -0.2) is 18.2 Å². The summed E-state index contributed by atoms with van der Waals surface area (Å²) < 4.78 is 83.0. The van der Waals surface area contributed by atoms with Crippen LogP contribution in [-0.2, 0) is 27.8 Å². The highest BCUT2D eigenvalue weighted by Gasteiger charge is 2.51. The third-order valence-corrected chi connectivity index (χ3v) is 8.78. The van der Waals surface area contributed by atoms with Crippen LogP contribution >= 0.6 is 0 Å². The van der Waals surface area contributed by atoms with Crippen LogP contribution in [0.15, 0.2) is 48.8 Å². The highest BCUT2D eigenvalue weighted by molar-refractivity contribution is 6.06. The smallest absolute Gasteiger partial charge is 0.330 e. The number of carbonyl (C=O) groups is 2. The Morgan fingerprint density at radius 1 is 1.12 bits per heavy atom. The second-order valence-electron chi connectivity index (χ2n) is 11.5. The number of anilines is 1. The van der Waals surface area contributed by atoms with Crippen molar-refractivity contribution in [3.05, 3.63) is 94.2 Å². The fourth-order valence-corrected chi connectivity index (χ4v) is 6.70. The number of fused-ring (bicyclic) bond motifs is 3. The number of alkyl halides is 3. The van der Waals surface area contributed by atoms with Crippen molar-refractivity contribution < 1.29 is 35.9 Å². The number of nitrogens with one attached hydrogen (secondary N) is 1. The SMILES string of the molecule is CC1C(c2cc(F)cc(F)c2F)CC(C/C=C/c2cnc3c(c2)C[C@@]2(C3)C(=O)Nc3ncccc32)C(=O)N1CC(F)(F)F. The monoisotopic (exact) mass is 600 g/mol. The van der Waals surface area contributed by atoms with Gasteiger partial charge in [-0.1, -0.05) is 18.2 Å². The predicted molar refractivity (Wildman–Crippen MR) is 144 cm³/mol. The largest absolute Gasteiger partial charge is 0.406 e. The number of rotatable bonds is 5. The molecule has 2 aliphatic heterocycles. The summed E-state index contributed by atoms with van der Waals surface area (Å²) >= 11 is 0. The third kappa shape index (κ3) is 5.16. The highest BCUT2D eigenvalue weighted by atomic mass is 19.4. The van der Waals surface area contributed by atoms with Crippen molar-refractivity contribution >= 4 is 23.7 Å². The molecule has 3 aliphatic rings. The number of amides is 2. The quantitative estimate of drug-likeness (QED) is 0.294. The van der Waals surface area contributed by atoms with Crippen molar-refractivity contribution in [2.45, 2.75) is 56.2 Å². The minimum atomic E-state index is -4.72. The van der Waals surface area contributed by atoms with E-state index in [-0.39, 0.29) is 18.7 Å². The molecule has 2 aromatic heterocycles. The molecule has 4 heterocycles. The van der Waals surface area contributed by atoms with Crippen LogP contribution in [0, 0.1) is 23.4 Å². The molecule has 0 bridgehead atoms. The van der Waals surface area contributed by atoms with Crippen LogP contribution in [0.25, 0.3) is 6.08 Å². The number of piperidine rings is 1. The van der Waals surface area contributed by atoms with Gasteiger partial charge < -0.3 is 10.2 Å². The summed E-state index contributed by atoms with van der Waals surface area (Å²) in [5, 5.41) is 2.84. The molecule has 0 radical (unpaired) electrons. The van der Waals surface area contributed by atoms with E-state index in [0.29, 0.717) is 35.2 Å². The summed E-state index contributed by atoms with van der Waals surface area (Å²) in [6.07, 6.45) is 2.56. The molecule has 1 spiro atoms. The zero-order chi connectivity index (χ0) is 30.7. The first kappa shape index (κ1) is 28.9. The molecule has 12 heteroatoms. The van der Waals surface area contributed by atoms with E-state index in [1.807, 2.05) is 12.1 Å². The molecular formula is C31H26F6N4O2. The van der Waals surface area contributed by atoms with Crippen LogP contribution in [-0.4, -0.2) is 45.4 Å². The molecule has 224 valence electrons. The molecule has 1 fully saturated rings. The normalized spacial score (nSPS) is 25.0. The summed E-state index contributed by atoms with van der Waals surface area (Å²) in [6.45, 7) is -0.240. The molecule has 0 saturated carbocycles. The average molecular weight is 601 g/mol. The molecule has 1 saturated heterocycles. The minimum absolute atomic E-state index is 0.0122. The second kappa shape index (κ2) is 10.5. The van der Waals surface area contributed by atoms with Crippen molar-refractivity contribution in [3.8, 4) is 0 Å². The van der Waals surface area contributed by atoms with Gasteiger partial charge in [0, 0.05) is 54.0 Å². The number of nitrogens with zero attached hydrogens (tertiary/aromatic N) is 3. The molecule has 6 rings (SSSR count). The molecule has 3 unspecified atom stereocenters. The zero-order valence-corrected chi connectivity index (χ0v) is 22.9. The van der Waals surface area contributed by atoms with Gasteiger partial charge in [-0.15, -0.1) is 0 Å². The number of carbonyl (C=O) groups excluding carboxylic acids is 2. The van der Waals surface area contributed by atoms with E-state index in [4.69, 9.17) is 0 Å². The lowest BCUT2D eigenvalue weighted by Crippen LogP contribution is -2.53. The van der Waals surface area contributed by atoms with Crippen molar-refractivity contribution in [1.29, 1.82) is 0 Å². The molecular weight excluding hydrogens is 574 g/mol. The maximum Gasteiger partial charge on any atom is 0.406 e. The first-order chi connectivity index (χ1) is 20.4. The number of halogens is 6. The van der Waals surface area contributed by atoms with Crippen LogP contribution in [0.5, 0.6) is 0 Å². The van der Waals surface area contributed by atoms with Crippen LogP contribution in [0.4, 0.5) is 32.2 Å². The van der Waals surface area contributed by atoms with E-state index in [2.05, 4.69) is 15.3 Å². The maximum absolute atomic E-state index is 14.7. The van der Waals surface area contributed by atoms with E-state index in [0.717, 1.165) is 22.9 Å². The molecule has 43 heavy (non-hydrogen) atoms. The maximum atomic E-state index is 14.7. The lowest BCUT2D eigenvalue weighted by molar-refractivity contribution is -0.172. The van der Waals surface area contributed by atoms with Gasteiger partial charge in [-0.2, -0.15) is 13.2 Å². The van der Waals surface area contributed by atoms with Gasteiger partial charge in [0.1, 0.15) is 18.2 Å². The summed E-state index contributed by atoms with van der Waals surface area (Å²) in [5.41, 5.74) is 1.93.